The van der Waals surface area contributed by atoms with E-state index in [0.717, 1.165) is 0 Å². The molecule has 0 heterocycles. The normalized spacial score (nSPS) is 10.4. The summed E-state index contributed by atoms with van der Waals surface area (Å²) in [5.74, 6) is 0. The van der Waals surface area contributed by atoms with Crippen LogP contribution in [0.5, 0.6) is 0 Å². The molecule has 0 aromatic rings. The predicted octanol–water partition coefficient (Wildman–Crippen LogP) is 0.257. The van der Waals surface area contributed by atoms with E-state index >= 15 is 0 Å². The molecular weight excluding hydrogens is 172 g/mol. The number of hydrogen-bond donors (Lipinski definition) is 2. The summed E-state index contributed by atoms with van der Waals surface area (Å²) in [6.45, 7) is 6.14. The van der Waals surface area contributed by atoms with Gasteiger partial charge in [-0.2, -0.15) is 0 Å². The SMILES string of the molecule is CC(C)(C)OC(=O)NCCNC=O. The van der Waals surface area contributed by atoms with Crippen LogP contribution in [0.25, 0.3) is 0 Å². The zero-order valence-corrected chi connectivity index (χ0v) is 8.22. The molecule has 0 atom stereocenters. The first kappa shape index (κ1) is 11.7. The molecule has 13 heavy (non-hydrogen) atoms. The summed E-state index contributed by atoms with van der Waals surface area (Å²) in [7, 11) is 0. The molecule has 2 amide bonds. The van der Waals surface area contributed by atoms with Crippen LogP contribution in [0, 0.1) is 0 Å². The van der Waals surface area contributed by atoms with Crippen LogP contribution in [0.1, 0.15) is 20.8 Å². The minimum atomic E-state index is -0.484. The van der Waals surface area contributed by atoms with Gasteiger partial charge in [0.2, 0.25) is 6.41 Å². The van der Waals surface area contributed by atoms with Crippen molar-refractivity contribution in [3.63, 3.8) is 0 Å². The second-order valence-corrected chi connectivity index (χ2v) is 3.50. The maximum absolute atomic E-state index is 11.0. The summed E-state index contributed by atoms with van der Waals surface area (Å²) in [5.41, 5.74) is -0.484. The van der Waals surface area contributed by atoms with Crippen LogP contribution >= 0.6 is 0 Å². The highest BCUT2D eigenvalue weighted by Crippen LogP contribution is 2.05. The van der Waals surface area contributed by atoms with Gasteiger partial charge in [0.05, 0.1) is 0 Å². The fraction of sp³-hybridized carbons (Fsp3) is 0.750. The average Bonchev–Trinajstić information content (AvgIpc) is 1.94. The maximum Gasteiger partial charge on any atom is 0.407 e. The largest absolute Gasteiger partial charge is 0.444 e. The van der Waals surface area contributed by atoms with Crippen LogP contribution in [-0.4, -0.2) is 31.2 Å². The lowest BCUT2D eigenvalue weighted by Crippen LogP contribution is -2.36. The average molecular weight is 188 g/mol. The predicted molar refractivity (Wildman–Crippen MR) is 48.3 cm³/mol. The number of rotatable bonds is 4. The number of hydrogen-bond acceptors (Lipinski definition) is 3. The molecule has 0 aliphatic heterocycles. The van der Waals surface area contributed by atoms with E-state index in [9.17, 15) is 9.59 Å². The van der Waals surface area contributed by atoms with Gasteiger partial charge in [-0.25, -0.2) is 4.79 Å². The van der Waals surface area contributed by atoms with Crippen molar-refractivity contribution in [1.82, 2.24) is 10.6 Å². The minimum Gasteiger partial charge on any atom is -0.444 e. The third-order valence-electron chi connectivity index (χ3n) is 1.02. The Morgan fingerprint density at radius 2 is 2.00 bits per heavy atom. The first-order valence-corrected chi connectivity index (χ1v) is 4.09. The van der Waals surface area contributed by atoms with E-state index in [4.69, 9.17) is 4.74 Å². The Balaban J connectivity index is 3.47. The van der Waals surface area contributed by atoms with Crippen LogP contribution in [0.4, 0.5) is 4.79 Å². The first-order valence-electron chi connectivity index (χ1n) is 4.09. The molecule has 0 aromatic carbocycles. The summed E-state index contributed by atoms with van der Waals surface area (Å²) in [5, 5.41) is 4.91. The van der Waals surface area contributed by atoms with Gasteiger partial charge in [-0.15, -0.1) is 0 Å². The number of carbonyl (C=O) groups excluding carboxylic acids is 2. The lowest BCUT2D eigenvalue weighted by molar-refractivity contribution is -0.109. The maximum atomic E-state index is 11.0. The monoisotopic (exact) mass is 188 g/mol. The molecule has 5 nitrogen and oxygen atoms in total. The Kier molecular flexibility index (Phi) is 4.87. The molecule has 0 unspecified atom stereocenters. The van der Waals surface area contributed by atoms with E-state index < -0.39 is 11.7 Å². The molecule has 0 aliphatic rings. The van der Waals surface area contributed by atoms with Crippen LogP contribution < -0.4 is 10.6 Å². The Morgan fingerprint density at radius 3 is 2.46 bits per heavy atom. The number of nitrogens with one attached hydrogen (secondary N) is 2. The van der Waals surface area contributed by atoms with Crippen molar-refractivity contribution < 1.29 is 14.3 Å². The van der Waals surface area contributed by atoms with Crippen molar-refractivity contribution in [2.24, 2.45) is 0 Å². The van der Waals surface area contributed by atoms with Gasteiger partial charge in [-0.3, -0.25) is 4.79 Å². The smallest absolute Gasteiger partial charge is 0.407 e. The molecular formula is C8H16N2O3. The van der Waals surface area contributed by atoms with E-state index in [2.05, 4.69) is 10.6 Å². The Bertz CT molecular complexity index is 175. The summed E-state index contributed by atoms with van der Waals surface area (Å²) in [6.07, 6.45) is 0.108. The number of ether oxygens (including phenoxy) is 1. The summed E-state index contributed by atoms with van der Waals surface area (Å²) >= 11 is 0. The zero-order valence-electron chi connectivity index (χ0n) is 8.22. The van der Waals surface area contributed by atoms with Gasteiger partial charge >= 0.3 is 6.09 Å². The van der Waals surface area contributed by atoms with Crippen molar-refractivity contribution in [2.75, 3.05) is 13.1 Å². The van der Waals surface area contributed by atoms with Crippen molar-refractivity contribution >= 4 is 12.5 Å². The highest BCUT2D eigenvalue weighted by Gasteiger charge is 2.15. The van der Waals surface area contributed by atoms with Gasteiger partial charge < -0.3 is 15.4 Å². The van der Waals surface area contributed by atoms with Gasteiger partial charge in [-0.05, 0) is 20.8 Å². The Morgan fingerprint density at radius 1 is 1.38 bits per heavy atom. The molecule has 0 aliphatic carbocycles. The summed E-state index contributed by atoms with van der Waals surface area (Å²) < 4.78 is 4.95. The third-order valence-corrected chi connectivity index (χ3v) is 1.02. The van der Waals surface area contributed by atoms with E-state index in [0.29, 0.717) is 19.5 Å². The second-order valence-electron chi connectivity index (χ2n) is 3.50. The molecule has 0 radical (unpaired) electrons. The third kappa shape index (κ3) is 8.65. The molecule has 0 spiro atoms. The molecule has 76 valence electrons. The highest BCUT2D eigenvalue weighted by molar-refractivity contribution is 5.67. The van der Waals surface area contributed by atoms with Gasteiger partial charge in [0.1, 0.15) is 5.60 Å². The van der Waals surface area contributed by atoms with E-state index in [1.54, 1.807) is 20.8 Å². The molecule has 0 rings (SSSR count). The fourth-order valence-electron chi connectivity index (χ4n) is 0.610. The van der Waals surface area contributed by atoms with Crippen LogP contribution in [-0.2, 0) is 9.53 Å². The van der Waals surface area contributed by atoms with Crippen molar-refractivity contribution in [3.05, 3.63) is 0 Å². The number of amides is 2. The first-order chi connectivity index (χ1) is 5.95. The van der Waals surface area contributed by atoms with E-state index in [1.165, 1.54) is 0 Å². The molecule has 0 saturated carbocycles. The topological polar surface area (TPSA) is 67.4 Å². The molecule has 0 saturated heterocycles. The van der Waals surface area contributed by atoms with E-state index in [1.807, 2.05) is 0 Å². The summed E-state index contributed by atoms with van der Waals surface area (Å²) in [6, 6.07) is 0. The van der Waals surface area contributed by atoms with Crippen molar-refractivity contribution in [1.29, 1.82) is 0 Å². The van der Waals surface area contributed by atoms with Crippen molar-refractivity contribution in [3.8, 4) is 0 Å². The fourth-order valence-corrected chi connectivity index (χ4v) is 0.610. The van der Waals surface area contributed by atoms with Gasteiger partial charge in [0, 0.05) is 13.1 Å². The van der Waals surface area contributed by atoms with Crippen LogP contribution in [0.15, 0.2) is 0 Å². The number of alkyl carbamates (subject to hydrolysis) is 1. The van der Waals surface area contributed by atoms with Crippen molar-refractivity contribution in [2.45, 2.75) is 26.4 Å². The molecule has 5 heteroatoms. The highest BCUT2D eigenvalue weighted by atomic mass is 16.6. The second kappa shape index (κ2) is 5.40. The quantitative estimate of drug-likeness (QED) is 0.491. The van der Waals surface area contributed by atoms with E-state index in [-0.39, 0.29) is 0 Å². The summed E-state index contributed by atoms with van der Waals surface area (Å²) in [4.78, 5) is 20.8. The van der Waals surface area contributed by atoms with Gasteiger partial charge in [0.15, 0.2) is 0 Å². The molecule has 0 fully saturated rings. The standard InChI is InChI=1S/C8H16N2O3/c1-8(2,3)13-7(12)10-5-4-9-6-11/h6H,4-5H2,1-3H3,(H,9,11)(H,10,12). The zero-order chi connectivity index (χ0) is 10.3. The lowest BCUT2D eigenvalue weighted by atomic mass is 10.2. The van der Waals surface area contributed by atoms with Gasteiger partial charge in [-0.1, -0.05) is 0 Å². The Hall–Kier alpha value is -1.26. The van der Waals surface area contributed by atoms with Gasteiger partial charge in [0.25, 0.3) is 0 Å². The minimum absolute atomic E-state index is 0.369. The Labute approximate surface area is 77.8 Å². The lowest BCUT2D eigenvalue weighted by Gasteiger charge is -2.19. The molecule has 0 bridgehead atoms. The number of carbonyl (C=O) groups is 2. The van der Waals surface area contributed by atoms with Crippen LogP contribution in [0.3, 0.4) is 0 Å². The van der Waals surface area contributed by atoms with Crippen LogP contribution in [0.2, 0.25) is 0 Å². The molecule has 2 N–H and O–H groups in total. The molecule has 0 aromatic heterocycles.